The predicted octanol–water partition coefficient (Wildman–Crippen LogP) is 4.37. The van der Waals surface area contributed by atoms with E-state index < -0.39 is 0 Å². The Morgan fingerprint density at radius 2 is 2.06 bits per heavy atom. The number of para-hydroxylation sites is 1. The Bertz CT molecular complexity index is 1200. The fourth-order valence-corrected chi connectivity index (χ4v) is 4.94. The van der Waals surface area contributed by atoms with Crippen molar-refractivity contribution in [1.82, 2.24) is 20.3 Å². The third kappa shape index (κ3) is 3.93. The minimum Gasteiger partial charge on any atom is -0.402 e. The van der Waals surface area contributed by atoms with Gasteiger partial charge in [0.15, 0.2) is 0 Å². The van der Waals surface area contributed by atoms with Crippen molar-refractivity contribution in [3.63, 3.8) is 0 Å². The normalized spacial score (nSPS) is 23.1. The van der Waals surface area contributed by atoms with Crippen LogP contribution in [0.15, 0.2) is 47.9 Å². The van der Waals surface area contributed by atoms with Gasteiger partial charge in [0, 0.05) is 46.9 Å². The van der Waals surface area contributed by atoms with Gasteiger partial charge in [0.25, 0.3) is 0 Å². The van der Waals surface area contributed by atoms with E-state index >= 15 is 0 Å². The van der Waals surface area contributed by atoms with Gasteiger partial charge in [0.1, 0.15) is 0 Å². The lowest BCUT2D eigenvalue weighted by Gasteiger charge is -2.34. The number of nitrogens with two attached hydrogens (primary N) is 1. The number of halogens is 1. The van der Waals surface area contributed by atoms with Crippen molar-refractivity contribution >= 4 is 34.4 Å². The van der Waals surface area contributed by atoms with Gasteiger partial charge >= 0.3 is 0 Å². The number of nitrogens with one attached hydrogen (secondary N) is 3. The Labute approximate surface area is 191 Å². The lowest BCUT2D eigenvalue weighted by Crippen LogP contribution is -2.46. The standard InChI is InChI=1S/C24H27ClN6O/c1-13-17(10-20(13)26)23(32)29-14-5-4-6-15(9-14)30-24-28-12-19(25)22(31-24)18-11-27-21-8-3-2-7-16(18)21/h2-3,7-8,11-12,14-15,17,27H,4-6,9-10,26H2,1H3,(H,29,32)(H,28,30,31)/t14-,15+,17?/m0/s1. The Balaban J connectivity index is 1.28. The van der Waals surface area contributed by atoms with Crippen molar-refractivity contribution in [2.75, 3.05) is 5.32 Å². The minimum absolute atomic E-state index is 0.0679. The maximum atomic E-state index is 12.6. The monoisotopic (exact) mass is 450 g/mol. The second-order valence-electron chi connectivity index (χ2n) is 8.82. The van der Waals surface area contributed by atoms with E-state index in [9.17, 15) is 4.79 Å². The molecule has 1 saturated carbocycles. The van der Waals surface area contributed by atoms with Crippen molar-refractivity contribution in [1.29, 1.82) is 0 Å². The summed E-state index contributed by atoms with van der Waals surface area (Å²) in [6, 6.07) is 8.40. The van der Waals surface area contributed by atoms with Crippen LogP contribution in [0.4, 0.5) is 5.95 Å². The van der Waals surface area contributed by atoms with Gasteiger partial charge in [0.2, 0.25) is 11.9 Å². The van der Waals surface area contributed by atoms with E-state index in [2.05, 4.69) is 20.6 Å². The Kier molecular flexibility index (Phi) is 5.51. The fourth-order valence-electron chi connectivity index (χ4n) is 4.75. The molecule has 32 heavy (non-hydrogen) atoms. The van der Waals surface area contributed by atoms with Crippen LogP contribution in [-0.2, 0) is 4.79 Å². The summed E-state index contributed by atoms with van der Waals surface area (Å²) in [5.74, 6) is 0.575. The number of H-pyrrole nitrogens is 1. The molecular weight excluding hydrogens is 424 g/mol. The molecule has 1 aromatic carbocycles. The summed E-state index contributed by atoms with van der Waals surface area (Å²) in [5.41, 5.74) is 10.4. The minimum atomic E-state index is -0.0679. The lowest BCUT2D eigenvalue weighted by molar-refractivity contribution is -0.125. The zero-order valence-electron chi connectivity index (χ0n) is 18.0. The molecule has 1 unspecified atom stereocenters. The zero-order valence-corrected chi connectivity index (χ0v) is 18.7. The highest BCUT2D eigenvalue weighted by Gasteiger charge is 2.33. The first-order valence-corrected chi connectivity index (χ1v) is 11.5. The second-order valence-corrected chi connectivity index (χ2v) is 9.22. The van der Waals surface area contributed by atoms with E-state index in [0.717, 1.165) is 53.4 Å². The third-order valence-electron chi connectivity index (χ3n) is 6.71. The van der Waals surface area contributed by atoms with Crippen LogP contribution in [0.3, 0.4) is 0 Å². The van der Waals surface area contributed by atoms with E-state index in [1.165, 1.54) is 0 Å². The van der Waals surface area contributed by atoms with Gasteiger partial charge in [0.05, 0.1) is 22.8 Å². The number of aromatic amines is 1. The summed E-state index contributed by atoms with van der Waals surface area (Å²) in [5, 5.41) is 8.26. The molecular formula is C24H27ClN6O. The highest BCUT2D eigenvalue weighted by atomic mass is 35.5. The van der Waals surface area contributed by atoms with Gasteiger partial charge in [-0.1, -0.05) is 29.8 Å². The van der Waals surface area contributed by atoms with Crippen molar-refractivity contribution in [2.24, 2.45) is 11.7 Å². The summed E-state index contributed by atoms with van der Waals surface area (Å²) in [4.78, 5) is 25.0. The number of amides is 1. The van der Waals surface area contributed by atoms with Crippen molar-refractivity contribution < 1.29 is 4.79 Å². The van der Waals surface area contributed by atoms with Crippen LogP contribution in [0.2, 0.25) is 5.02 Å². The quantitative estimate of drug-likeness (QED) is 0.461. The second kappa shape index (κ2) is 8.47. The highest BCUT2D eigenvalue weighted by molar-refractivity contribution is 6.33. The van der Waals surface area contributed by atoms with Gasteiger partial charge in [-0.3, -0.25) is 4.79 Å². The number of fused-ring (bicyclic) bond motifs is 1. The van der Waals surface area contributed by atoms with Crippen LogP contribution in [-0.4, -0.2) is 32.9 Å². The van der Waals surface area contributed by atoms with Crippen molar-refractivity contribution in [3.05, 3.63) is 53.0 Å². The fraction of sp³-hybridized carbons (Fsp3) is 0.375. The van der Waals surface area contributed by atoms with Gasteiger partial charge in [-0.05, 0) is 44.2 Å². The Hall–Kier alpha value is -3.06. The van der Waals surface area contributed by atoms with Gasteiger partial charge < -0.3 is 21.4 Å². The number of carbonyl (C=O) groups is 1. The smallest absolute Gasteiger partial charge is 0.227 e. The molecule has 1 amide bonds. The summed E-state index contributed by atoms with van der Waals surface area (Å²) < 4.78 is 0. The molecule has 2 aliphatic carbocycles. The number of aromatic nitrogens is 3. The molecule has 3 aromatic rings. The predicted molar refractivity (Wildman–Crippen MR) is 127 cm³/mol. The summed E-state index contributed by atoms with van der Waals surface area (Å²) in [6.07, 6.45) is 8.11. The number of carbonyl (C=O) groups excluding carboxylic acids is 1. The molecule has 3 atom stereocenters. The van der Waals surface area contributed by atoms with E-state index in [1.807, 2.05) is 37.4 Å². The van der Waals surface area contributed by atoms with Crippen LogP contribution in [0.1, 0.15) is 39.0 Å². The molecule has 8 heteroatoms. The molecule has 7 nitrogen and oxygen atoms in total. The number of nitrogens with zero attached hydrogens (tertiary/aromatic N) is 2. The summed E-state index contributed by atoms with van der Waals surface area (Å²) in [6.45, 7) is 1.94. The summed E-state index contributed by atoms with van der Waals surface area (Å²) in [7, 11) is 0. The van der Waals surface area contributed by atoms with Gasteiger partial charge in [-0.2, -0.15) is 0 Å². The van der Waals surface area contributed by atoms with E-state index in [0.29, 0.717) is 23.1 Å². The number of hydrogen-bond donors (Lipinski definition) is 4. The number of hydrogen-bond acceptors (Lipinski definition) is 5. The topological polar surface area (TPSA) is 109 Å². The molecule has 5 N–H and O–H groups in total. The SMILES string of the molecule is CC1=C(N)CC1C(=O)N[C@H]1CCC[C@@H](Nc2ncc(Cl)c(-c3c[nH]c4ccccc34)n2)C1. The largest absolute Gasteiger partial charge is 0.402 e. The maximum Gasteiger partial charge on any atom is 0.227 e. The molecule has 2 heterocycles. The van der Waals surface area contributed by atoms with Crippen LogP contribution < -0.4 is 16.4 Å². The summed E-state index contributed by atoms with van der Waals surface area (Å²) >= 11 is 6.46. The molecule has 5 rings (SSSR count). The van der Waals surface area contributed by atoms with Gasteiger partial charge in [-0.15, -0.1) is 0 Å². The zero-order chi connectivity index (χ0) is 22.2. The number of rotatable bonds is 5. The first-order valence-electron chi connectivity index (χ1n) is 11.1. The molecule has 0 radical (unpaired) electrons. The van der Waals surface area contributed by atoms with Gasteiger partial charge in [-0.25, -0.2) is 9.97 Å². The third-order valence-corrected chi connectivity index (χ3v) is 6.99. The first kappa shape index (κ1) is 20.8. The average molecular weight is 451 g/mol. The molecule has 2 aromatic heterocycles. The molecule has 0 spiro atoms. The molecule has 0 saturated heterocycles. The van der Waals surface area contributed by atoms with Crippen molar-refractivity contribution in [3.8, 4) is 11.3 Å². The lowest BCUT2D eigenvalue weighted by atomic mass is 9.81. The van der Waals surface area contributed by atoms with E-state index in [-0.39, 0.29) is 23.9 Å². The van der Waals surface area contributed by atoms with E-state index in [4.69, 9.17) is 22.3 Å². The van der Waals surface area contributed by atoms with Crippen molar-refractivity contribution in [2.45, 2.75) is 51.1 Å². The number of anilines is 1. The van der Waals surface area contributed by atoms with Crippen LogP contribution in [0, 0.1) is 5.92 Å². The molecule has 0 aliphatic heterocycles. The van der Waals surface area contributed by atoms with E-state index in [1.54, 1.807) is 6.20 Å². The average Bonchev–Trinajstić information content (AvgIpc) is 3.22. The highest BCUT2D eigenvalue weighted by Crippen LogP contribution is 2.33. The number of allylic oxidation sites excluding steroid dienone is 1. The van der Waals surface area contributed by atoms with Crippen LogP contribution in [0.25, 0.3) is 22.2 Å². The Morgan fingerprint density at radius 1 is 1.25 bits per heavy atom. The Morgan fingerprint density at radius 3 is 2.88 bits per heavy atom. The van der Waals surface area contributed by atoms with Crippen LogP contribution >= 0.6 is 11.6 Å². The molecule has 2 aliphatic rings. The first-order chi connectivity index (χ1) is 15.5. The van der Waals surface area contributed by atoms with Crippen LogP contribution in [0.5, 0.6) is 0 Å². The molecule has 1 fully saturated rings. The molecule has 0 bridgehead atoms. The molecule has 166 valence electrons. The number of benzene rings is 1. The maximum absolute atomic E-state index is 12.6.